The molecule has 2 aliphatic rings. The molecule has 1 atom stereocenters. The molecule has 27 heavy (non-hydrogen) atoms. The molecule has 1 N–H and O–H groups in total. The van der Waals surface area contributed by atoms with Gasteiger partial charge < -0.3 is 18.9 Å². The van der Waals surface area contributed by atoms with Crippen molar-refractivity contribution in [2.75, 3.05) is 28.4 Å². The highest BCUT2D eigenvalue weighted by atomic mass is 16.5. The molecular formula is C17H18N2O8. The monoisotopic (exact) mass is 378 g/mol. The molecule has 0 aromatic heterocycles. The second-order valence-corrected chi connectivity index (χ2v) is 5.83. The van der Waals surface area contributed by atoms with E-state index in [9.17, 15) is 19.2 Å². The minimum absolute atomic E-state index is 0.00158. The molecule has 2 aliphatic heterocycles. The summed E-state index contributed by atoms with van der Waals surface area (Å²) in [6, 6.07) is -1.11. The normalized spacial score (nSPS) is 19.0. The van der Waals surface area contributed by atoms with Gasteiger partial charge in [0.2, 0.25) is 23.3 Å². The lowest BCUT2D eigenvalue weighted by molar-refractivity contribution is -0.136. The molecule has 4 amide bonds. The van der Waals surface area contributed by atoms with Gasteiger partial charge in [-0.15, -0.1) is 0 Å². The quantitative estimate of drug-likeness (QED) is 0.718. The zero-order valence-electron chi connectivity index (χ0n) is 15.2. The number of nitrogens with zero attached hydrogens (tertiary/aromatic N) is 1. The van der Waals surface area contributed by atoms with Gasteiger partial charge in [-0.25, -0.2) is 0 Å². The fourth-order valence-corrected chi connectivity index (χ4v) is 3.37. The smallest absolute Gasteiger partial charge is 0.266 e. The summed E-state index contributed by atoms with van der Waals surface area (Å²) < 4.78 is 21.2. The first-order chi connectivity index (χ1) is 12.9. The number of carbonyl (C=O) groups is 4. The molecular weight excluding hydrogens is 360 g/mol. The number of nitrogens with one attached hydrogen (secondary N) is 1. The maximum absolute atomic E-state index is 13.1. The summed E-state index contributed by atoms with van der Waals surface area (Å²) in [5.74, 6) is -2.47. The van der Waals surface area contributed by atoms with Crippen LogP contribution in [0.25, 0.3) is 0 Å². The first kappa shape index (κ1) is 18.5. The third-order valence-electron chi connectivity index (χ3n) is 4.53. The van der Waals surface area contributed by atoms with Crippen molar-refractivity contribution in [2.45, 2.75) is 18.9 Å². The Bertz CT molecular complexity index is 812. The summed E-state index contributed by atoms with van der Waals surface area (Å²) in [5.41, 5.74) is -0.164. The molecule has 0 radical (unpaired) electrons. The van der Waals surface area contributed by atoms with Crippen molar-refractivity contribution in [1.82, 2.24) is 10.2 Å². The van der Waals surface area contributed by atoms with Gasteiger partial charge in [-0.2, -0.15) is 0 Å². The van der Waals surface area contributed by atoms with E-state index in [0.29, 0.717) is 0 Å². The highest BCUT2D eigenvalue weighted by Crippen LogP contribution is 2.52. The van der Waals surface area contributed by atoms with Crippen molar-refractivity contribution < 1.29 is 38.1 Å². The van der Waals surface area contributed by atoms with Crippen LogP contribution in [0.4, 0.5) is 0 Å². The van der Waals surface area contributed by atoms with E-state index in [1.165, 1.54) is 28.4 Å². The summed E-state index contributed by atoms with van der Waals surface area (Å²) >= 11 is 0. The van der Waals surface area contributed by atoms with E-state index >= 15 is 0 Å². The van der Waals surface area contributed by atoms with Crippen LogP contribution in [0.1, 0.15) is 33.6 Å². The summed E-state index contributed by atoms with van der Waals surface area (Å²) in [7, 11) is 5.34. The minimum Gasteiger partial charge on any atom is -0.492 e. The molecule has 3 rings (SSSR count). The molecule has 1 saturated heterocycles. The Labute approximate surface area is 154 Å². The Kier molecular flexibility index (Phi) is 4.64. The van der Waals surface area contributed by atoms with Gasteiger partial charge in [0.05, 0.1) is 28.4 Å². The van der Waals surface area contributed by atoms with Crippen LogP contribution < -0.4 is 24.3 Å². The van der Waals surface area contributed by atoms with Gasteiger partial charge in [-0.3, -0.25) is 29.4 Å². The average molecular weight is 378 g/mol. The standard InChI is InChI=1S/C17H18N2O8/c1-24-11-9-10(12(25-2)14(27-4)13(11)26-3)17(23)19(16(9)22)7-5-6-8(20)18-15(7)21/h7H,5-6H2,1-4H3,(H,18,20,21). The van der Waals surface area contributed by atoms with E-state index < -0.39 is 29.7 Å². The SMILES string of the molecule is COc1c(OC)c(OC)c2c(c1OC)C(=O)N(C1CCC(=O)NC1=O)C2=O. The van der Waals surface area contributed by atoms with Gasteiger partial charge >= 0.3 is 0 Å². The van der Waals surface area contributed by atoms with E-state index in [4.69, 9.17) is 18.9 Å². The van der Waals surface area contributed by atoms with Crippen molar-refractivity contribution in [1.29, 1.82) is 0 Å². The van der Waals surface area contributed by atoms with Crippen molar-refractivity contribution >= 4 is 23.6 Å². The molecule has 10 heteroatoms. The second-order valence-electron chi connectivity index (χ2n) is 5.83. The number of amides is 4. The lowest BCUT2D eigenvalue weighted by Crippen LogP contribution is -2.54. The summed E-state index contributed by atoms with van der Waals surface area (Å²) in [6.07, 6.45) is 0.0553. The Morgan fingerprint density at radius 1 is 0.778 bits per heavy atom. The van der Waals surface area contributed by atoms with Gasteiger partial charge in [-0.05, 0) is 6.42 Å². The Morgan fingerprint density at radius 2 is 1.22 bits per heavy atom. The van der Waals surface area contributed by atoms with Gasteiger partial charge in [-0.1, -0.05) is 0 Å². The zero-order chi connectivity index (χ0) is 19.9. The van der Waals surface area contributed by atoms with Crippen LogP contribution in [0.5, 0.6) is 23.0 Å². The molecule has 2 heterocycles. The molecule has 1 aromatic rings. The van der Waals surface area contributed by atoms with E-state index in [2.05, 4.69) is 5.32 Å². The third kappa shape index (κ3) is 2.56. The maximum atomic E-state index is 13.1. The van der Waals surface area contributed by atoms with Crippen LogP contribution in [-0.4, -0.2) is 63.0 Å². The van der Waals surface area contributed by atoms with Crippen LogP contribution in [0.2, 0.25) is 0 Å². The van der Waals surface area contributed by atoms with E-state index in [1.807, 2.05) is 0 Å². The number of hydrogen-bond donors (Lipinski definition) is 1. The number of piperidine rings is 1. The third-order valence-corrected chi connectivity index (χ3v) is 4.53. The lowest BCUT2D eigenvalue weighted by atomic mass is 10.0. The maximum Gasteiger partial charge on any atom is 0.266 e. The number of imide groups is 2. The molecule has 144 valence electrons. The first-order valence-electron chi connectivity index (χ1n) is 8.02. The van der Waals surface area contributed by atoms with Crippen LogP contribution in [0.3, 0.4) is 0 Å². The van der Waals surface area contributed by atoms with Gasteiger partial charge in [0, 0.05) is 6.42 Å². The largest absolute Gasteiger partial charge is 0.492 e. The number of hydrogen-bond acceptors (Lipinski definition) is 8. The van der Waals surface area contributed by atoms with Crippen LogP contribution in [0, 0.1) is 0 Å². The number of methoxy groups -OCH3 is 4. The Balaban J connectivity index is 2.21. The summed E-state index contributed by atoms with van der Waals surface area (Å²) in [6.45, 7) is 0. The van der Waals surface area contributed by atoms with Crippen molar-refractivity contribution in [3.8, 4) is 23.0 Å². The highest BCUT2D eigenvalue weighted by molar-refractivity contribution is 6.26. The zero-order valence-corrected chi connectivity index (χ0v) is 15.2. The van der Waals surface area contributed by atoms with Crippen LogP contribution in [0.15, 0.2) is 0 Å². The number of benzene rings is 1. The van der Waals surface area contributed by atoms with Crippen molar-refractivity contribution in [3.05, 3.63) is 11.1 Å². The van der Waals surface area contributed by atoms with Crippen molar-refractivity contribution in [2.24, 2.45) is 0 Å². The molecule has 0 aliphatic carbocycles. The summed E-state index contributed by atoms with van der Waals surface area (Å²) in [4.78, 5) is 50.5. The molecule has 1 fully saturated rings. The Morgan fingerprint density at radius 3 is 1.59 bits per heavy atom. The molecule has 0 saturated carbocycles. The predicted octanol–water partition coefficient (Wildman–Crippen LogP) is 0.122. The highest BCUT2D eigenvalue weighted by Gasteiger charge is 2.49. The predicted molar refractivity (Wildman–Crippen MR) is 89.3 cm³/mol. The van der Waals surface area contributed by atoms with Gasteiger partial charge in [0.15, 0.2) is 11.5 Å². The van der Waals surface area contributed by atoms with Crippen LogP contribution >= 0.6 is 0 Å². The molecule has 0 spiro atoms. The fraction of sp³-hybridized carbons (Fsp3) is 0.412. The molecule has 10 nitrogen and oxygen atoms in total. The number of carbonyl (C=O) groups excluding carboxylic acids is 4. The molecule has 0 bridgehead atoms. The van der Waals surface area contributed by atoms with E-state index in [1.54, 1.807) is 0 Å². The number of ether oxygens (including phenoxy) is 4. The second kappa shape index (κ2) is 6.78. The van der Waals surface area contributed by atoms with E-state index in [-0.39, 0.29) is 47.0 Å². The number of rotatable bonds is 5. The molecule has 1 aromatic carbocycles. The average Bonchev–Trinajstić information content (AvgIpc) is 2.91. The van der Waals surface area contributed by atoms with Gasteiger partial charge in [0.25, 0.3) is 11.8 Å². The number of fused-ring (bicyclic) bond motifs is 1. The Hall–Kier alpha value is -3.30. The fourth-order valence-electron chi connectivity index (χ4n) is 3.37. The lowest BCUT2D eigenvalue weighted by Gasteiger charge is -2.27. The van der Waals surface area contributed by atoms with Crippen molar-refractivity contribution in [3.63, 3.8) is 0 Å². The van der Waals surface area contributed by atoms with Gasteiger partial charge in [0.1, 0.15) is 17.2 Å². The van der Waals surface area contributed by atoms with E-state index in [0.717, 1.165) is 4.90 Å². The minimum atomic E-state index is -1.11. The first-order valence-corrected chi connectivity index (χ1v) is 8.02. The van der Waals surface area contributed by atoms with Crippen LogP contribution in [-0.2, 0) is 9.59 Å². The molecule has 1 unspecified atom stereocenters. The topological polar surface area (TPSA) is 120 Å². The summed E-state index contributed by atoms with van der Waals surface area (Å²) in [5, 5.41) is 2.14.